The molecular weight excluding hydrogens is 180 g/mol. The van der Waals surface area contributed by atoms with Gasteiger partial charge in [-0.1, -0.05) is 19.3 Å². The Morgan fingerprint density at radius 3 is 2.64 bits per heavy atom. The van der Waals surface area contributed by atoms with Gasteiger partial charge in [-0.05, 0) is 25.7 Å². The molecule has 0 aromatic rings. The third-order valence-electron chi connectivity index (χ3n) is 2.68. The SMILES string of the molecule is CC(N=NCC1CCCCC1)C(=O)O. The molecular formula is C10H18N2O2. The van der Waals surface area contributed by atoms with E-state index in [9.17, 15) is 4.79 Å². The van der Waals surface area contributed by atoms with E-state index in [-0.39, 0.29) is 0 Å². The summed E-state index contributed by atoms with van der Waals surface area (Å²) in [7, 11) is 0. The summed E-state index contributed by atoms with van der Waals surface area (Å²) in [6.45, 7) is 2.25. The van der Waals surface area contributed by atoms with Gasteiger partial charge in [0, 0.05) is 0 Å². The first-order valence-electron chi connectivity index (χ1n) is 5.29. The van der Waals surface area contributed by atoms with Crippen LogP contribution in [0.4, 0.5) is 0 Å². The molecule has 0 saturated heterocycles. The van der Waals surface area contributed by atoms with Gasteiger partial charge >= 0.3 is 5.97 Å². The van der Waals surface area contributed by atoms with Crippen molar-refractivity contribution in [3.63, 3.8) is 0 Å². The van der Waals surface area contributed by atoms with E-state index in [0.717, 1.165) is 0 Å². The van der Waals surface area contributed by atoms with Crippen LogP contribution in [0.15, 0.2) is 10.2 Å². The standard InChI is InChI=1S/C10H18N2O2/c1-8(10(13)14)12-11-7-9-5-3-2-4-6-9/h8-9H,2-7H2,1H3,(H,13,14). The lowest BCUT2D eigenvalue weighted by molar-refractivity contribution is -0.138. The molecule has 0 spiro atoms. The number of aliphatic carboxylic acids is 1. The second-order valence-corrected chi connectivity index (χ2v) is 3.96. The first-order valence-corrected chi connectivity index (χ1v) is 5.29. The van der Waals surface area contributed by atoms with Crippen molar-refractivity contribution < 1.29 is 9.90 Å². The fraction of sp³-hybridized carbons (Fsp3) is 0.900. The van der Waals surface area contributed by atoms with E-state index in [2.05, 4.69) is 10.2 Å². The molecule has 0 bridgehead atoms. The highest BCUT2D eigenvalue weighted by atomic mass is 16.4. The van der Waals surface area contributed by atoms with Gasteiger partial charge < -0.3 is 5.11 Å². The highest BCUT2D eigenvalue weighted by molar-refractivity contribution is 5.72. The molecule has 0 aromatic heterocycles. The summed E-state index contributed by atoms with van der Waals surface area (Å²) in [5, 5.41) is 16.3. The molecule has 0 amide bonds. The number of azo groups is 1. The number of carboxylic acids is 1. The largest absolute Gasteiger partial charge is 0.480 e. The molecule has 1 N–H and O–H groups in total. The highest BCUT2D eigenvalue weighted by Gasteiger charge is 2.13. The third-order valence-corrected chi connectivity index (χ3v) is 2.68. The van der Waals surface area contributed by atoms with Crippen molar-refractivity contribution in [1.82, 2.24) is 0 Å². The minimum Gasteiger partial charge on any atom is -0.480 e. The van der Waals surface area contributed by atoms with Gasteiger partial charge in [-0.3, -0.25) is 0 Å². The summed E-state index contributed by atoms with van der Waals surface area (Å²) in [5.74, 6) is -0.272. The molecule has 14 heavy (non-hydrogen) atoms. The van der Waals surface area contributed by atoms with Crippen LogP contribution < -0.4 is 0 Å². The summed E-state index contributed by atoms with van der Waals surface area (Å²) < 4.78 is 0. The average Bonchev–Trinajstić information content (AvgIpc) is 2.19. The van der Waals surface area contributed by atoms with Crippen molar-refractivity contribution >= 4 is 5.97 Å². The van der Waals surface area contributed by atoms with Crippen LogP contribution in [-0.4, -0.2) is 23.7 Å². The normalized spacial score (nSPS) is 21.2. The van der Waals surface area contributed by atoms with Gasteiger partial charge in [0.05, 0.1) is 6.54 Å². The zero-order valence-corrected chi connectivity index (χ0v) is 8.65. The Balaban J connectivity index is 2.21. The monoisotopic (exact) mass is 198 g/mol. The smallest absolute Gasteiger partial charge is 0.330 e. The molecule has 1 aliphatic carbocycles. The van der Waals surface area contributed by atoms with Crippen molar-refractivity contribution in [2.75, 3.05) is 6.54 Å². The molecule has 0 aromatic carbocycles. The van der Waals surface area contributed by atoms with Crippen LogP contribution in [0.25, 0.3) is 0 Å². The van der Waals surface area contributed by atoms with Gasteiger partial charge in [-0.25, -0.2) is 4.79 Å². The Kier molecular flexibility index (Phi) is 4.56. The first kappa shape index (κ1) is 11.1. The zero-order chi connectivity index (χ0) is 10.4. The Hall–Kier alpha value is -0.930. The Morgan fingerprint density at radius 2 is 2.07 bits per heavy atom. The Morgan fingerprint density at radius 1 is 1.43 bits per heavy atom. The highest BCUT2D eigenvalue weighted by Crippen LogP contribution is 2.23. The number of rotatable bonds is 4. The lowest BCUT2D eigenvalue weighted by Crippen LogP contribution is -2.13. The second kappa shape index (κ2) is 5.73. The van der Waals surface area contributed by atoms with Crippen molar-refractivity contribution in [2.24, 2.45) is 16.1 Å². The molecule has 1 rings (SSSR count). The van der Waals surface area contributed by atoms with E-state index < -0.39 is 12.0 Å². The van der Waals surface area contributed by atoms with E-state index in [1.165, 1.54) is 32.1 Å². The van der Waals surface area contributed by atoms with Crippen LogP contribution >= 0.6 is 0 Å². The van der Waals surface area contributed by atoms with Gasteiger partial charge in [-0.2, -0.15) is 10.2 Å². The van der Waals surface area contributed by atoms with Crippen molar-refractivity contribution in [2.45, 2.75) is 45.1 Å². The van der Waals surface area contributed by atoms with Crippen molar-refractivity contribution in [1.29, 1.82) is 0 Å². The summed E-state index contributed by atoms with van der Waals surface area (Å²) in [6, 6.07) is -0.696. The first-order chi connectivity index (χ1) is 6.70. The molecule has 4 nitrogen and oxygen atoms in total. The lowest BCUT2D eigenvalue weighted by atomic mass is 9.89. The average molecular weight is 198 g/mol. The van der Waals surface area contributed by atoms with Gasteiger partial charge in [-0.15, -0.1) is 0 Å². The van der Waals surface area contributed by atoms with Crippen LogP contribution in [0.5, 0.6) is 0 Å². The molecule has 1 fully saturated rings. The number of hydrogen-bond acceptors (Lipinski definition) is 3. The Bertz CT molecular complexity index is 210. The number of carboxylic acid groups (broad SMARTS) is 1. The molecule has 1 atom stereocenters. The zero-order valence-electron chi connectivity index (χ0n) is 8.65. The maximum Gasteiger partial charge on any atom is 0.330 e. The van der Waals surface area contributed by atoms with Crippen LogP contribution in [-0.2, 0) is 4.79 Å². The van der Waals surface area contributed by atoms with Crippen LogP contribution in [0.3, 0.4) is 0 Å². The molecule has 0 aliphatic heterocycles. The van der Waals surface area contributed by atoms with Crippen LogP contribution in [0, 0.1) is 5.92 Å². The molecule has 1 unspecified atom stereocenters. The fourth-order valence-electron chi connectivity index (χ4n) is 1.70. The molecule has 1 saturated carbocycles. The number of hydrogen-bond donors (Lipinski definition) is 1. The van der Waals surface area contributed by atoms with Crippen molar-refractivity contribution in [3.8, 4) is 0 Å². The van der Waals surface area contributed by atoms with E-state index in [1.54, 1.807) is 6.92 Å². The lowest BCUT2D eigenvalue weighted by Gasteiger charge is -2.18. The second-order valence-electron chi connectivity index (χ2n) is 3.96. The molecule has 0 heterocycles. The predicted octanol–water partition coefficient (Wildman–Crippen LogP) is 2.49. The van der Waals surface area contributed by atoms with Crippen LogP contribution in [0.1, 0.15) is 39.0 Å². The van der Waals surface area contributed by atoms with E-state index >= 15 is 0 Å². The Labute approximate surface area is 84.4 Å². The molecule has 80 valence electrons. The minimum absolute atomic E-state index is 0.633. The quantitative estimate of drug-likeness (QED) is 0.705. The molecule has 0 radical (unpaired) electrons. The van der Waals surface area contributed by atoms with E-state index in [1.807, 2.05) is 0 Å². The van der Waals surface area contributed by atoms with E-state index in [0.29, 0.717) is 12.5 Å². The van der Waals surface area contributed by atoms with Gasteiger partial charge in [0.2, 0.25) is 0 Å². The van der Waals surface area contributed by atoms with Gasteiger partial charge in [0.1, 0.15) is 0 Å². The number of nitrogens with zero attached hydrogens (tertiary/aromatic N) is 2. The third kappa shape index (κ3) is 3.85. The maximum absolute atomic E-state index is 10.4. The molecule has 4 heteroatoms. The summed E-state index contributed by atoms with van der Waals surface area (Å²) in [5.41, 5.74) is 0. The fourth-order valence-corrected chi connectivity index (χ4v) is 1.70. The molecule has 1 aliphatic rings. The predicted molar refractivity (Wildman–Crippen MR) is 53.4 cm³/mol. The minimum atomic E-state index is -0.905. The van der Waals surface area contributed by atoms with Gasteiger partial charge in [0.15, 0.2) is 6.04 Å². The maximum atomic E-state index is 10.4. The summed E-state index contributed by atoms with van der Waals surface area (Å²) in [4.78, 5) is 10.4. The van der Waals surface area contributed by atoms with Gasteiger partial charge in [0.25, 0.3) is 0 Å². The number of carbonyl (C=O) groups is 1. The topological polar surface area (TPSA) is 62.0 Å². The van der Waals surface area contributed by atoms with E-state index in [4.69, 9.17) is 5.11 Å². The van der Waals surface area contributed by atoms with Crippen molar-refractivity contribution in [3.05, 3.63) is 0 Å². The van der Waals surface area contributed by atoms with Crippen LogP contribution in [0.2, 0.25) is 0 Å². The summed E-state index contributed by atoms with van der Waals surface area (Å²) in [6.07, 6.45) is 6.35. The summed E-state index contributed by atoms with van der Waals surface area (Å²) >= 11 is 0.